The summed E-state index contributed by atoms with van der Waals surface area (Å²) in [7, 11) is 0. The summed E-state index contributed by atoms with van der Waals surface area (Å²) in [6, 6.07) is 25.3. The van der Waals surface area contributed by atoms with E-state index in [2.05, 4.69) is 0 Å². The van der Waals surface area contributed by atoms with Crippen LogP contribution < -0.4 is 0 Å². The predicted octanol–water partition coefficient (Wildman–Crippen LogP) is 8.38. The van der Waals surface area contributed by atoms with Gasteiger partial charge in [0.25, 0.3) is 3.79 Å². The number of carbonyl (C=O) groups is 3. The van der Waals surface area contributed by atoms with Crippen molar-refractivity contribution in [1.29, 1.82) is 5.41 Å². The van der Waals surface area contributed by atoms with Crippen molar-refractivity contribution >= 4 is 58.6 Å². The average Bonchev–Trinajstić information content (AvgIpc) is 3.06. The van der Waals surface area contributed by atoms with Crippen LogP contribution in [-0.4, -0.2) is 57.8 Å². The third-order valence-electron chi connectivity index (χ3n) is 5.55. The lowest BCUT2D eigenvalue weighted by atomic mass is 10.0. The number of aromatic carboxylic acids is 1. The first-order valence-electron chi connectivity index (χ1n) is 14.3. The minimum absolute atomic E-state index is 0.102. The molecule has 3 aromatic carbocycles. The van der Waals surface area contributed by atoms with Gasteiger partial charge in [-0.05, 0) is 36.4 Å². The number of benzene rings is 3. The second kappa shape index (κ2) is 21.2. The molecule has 9 nitrogen and oxygen atoms in total. The number of hydrogen-bond donors (Lipinski definition) is 2. The van der Waals surface area contributed by atoms with E-state index in [1.807, 2.05) is 27.7 Å². The molecule has 2 N–H and O–H groups in total. The first kappa shape index (κ1) is 39.4. The highest BCUT2D eigenvalue weighted by atomic mass is 35.6. The van der Waals surface area contributed by atoms with Crippen molar-refractivity contribution in [2.24, 2.45) is 0 Å². The molecule has 1 aliphatic rings. The molecule has 1 fully saturated rings. The van der Waals surface area contributed by atoms with E-state index in [0.29, 0.717) is 16.7 Å². The molecule has 12 heteroatoms. The van der Waals surface area contributed by atoms with Crippen molar-refractivity contribution in [2.75, 3.05) is 6.61 Å². The third-order valence-corrected chi connectivity index (χ3v) is 6.06. The topological polar surface area (TPSA) is 132 Å². The number of ether oxygens (including phenoxy) is 4. The molecular weight excluding hydrogens is 645 g/mol. The van der Waals surface area contributed by atoms with Crippen LogP contribution in [0, 0.1) is 5.41 Å². The Morgan fingerprint density at radius 2 is 1.20 bits per heavy atom. The first-order valence-corrected chi connectivity index (χ1v) is 15.4. The molecule has 0 saturated carbocycles. The second-order valence-corrected chi connectivity index (χ2v) is 10.9. The molecule has 0 bridgehead atoms. The summed E-state index contributed by atoms with van der Waals surface area (Å²) in [6.07, 6.45) is -1.99. The molecule has 3 atom stereocenters. The Hall–Kier alpha value is -3.63. The molecule has 0 radical (unpaired) electrons. The maximum absolute atomic E-state index is 12.5. The highest BCUT2D eigenvalue weighted by molar-refractivity contribution is 6.76. The van der Waals surface area contributed by atoms with Crippen molar-refractivity contribution in [3.63, 3.8) is 0 Å². The second-order valence-electron chi connectivity index (χ2n) is 8.63. The lowest BCUT2D eigenvalue weighted by molar-refractivity contribution is -0.191. The number of carboxylic acids is 1. The fraction of sp³-hybridized carbons (Fsp3) is 0.333. The van der Waals surface area contributed by atoms with E-state index >= 15 is 0 Å². The van der Waals surface area contributed by atoms with Crippen LogP contribution in [0.4, 0.5) is 0 Å². The standard InChI is InChI=1S/C22H20Cl3NO6.C7H6O2.2C2H6/c23-22(24,25)21(26)32-18-12-16(31-20(28)15-9-5-2-6-10-15)11-17(30-18)13-29-19(27)14-7-3-1-4-8-14;8-7(9)6-4-2-1-3-5-6;2*1-2/h1-10,16-18,26H,11-13H2;1-5H,(H,8,9);2*1-2H3. The summed E-state index contributed by atoms with van der Waals surface area (Å²) in [5.41, 5.74) is 1.11. The van der Waals surface area contributed by atoms with Gasteiger partial charge < -0.3 is 24.1 Å². The Labute approximate surface area is 278 Å². The van der Waals surface area contributed by atoms with E-state index < -0.39 is 46.1 Å². The van der Waals surface area contributed by atoms with E-state index in [1.54, 1.807) is 91.0 Å². The SMILES string of the molecule is CC.CC.N=C(OC1CC(OC(=O)c2ccccc2)CC(COC(=O)c2ccccc2)O1)C(Cl)(Cl)Cl.O=C(O)c1ccccc1. The van der Waals surface area contributed by atoms with Gasteiger partial charge in [0, 0.05) is 12.8 Å². The molecule has 0 aliphatic carbocycles. The van der Waals surface area contributed by atoms with Crippen molar-refractivity contribution in [2.45, 2.75) is 62.8 Å². The van der Waals surface area contributed by atoms with Crippen LogP contribution in [0.25, 0.3) is 0 Å². The lowest BCUT2D eigenvalue weighted by Gasteiger charge is -2.35. The zero-order valence-corrected chi connectivity index (χ0v) is 27.7. The quantitative estimate of drug-likeness (QED) is 0.110. The van der Waals surface area contributed by atoms with E-state index in [1.165, 1.54) is 0 Å². The minimum Gasteiger partial charge on any atom is -0.478 e. The lowest BCUT2D eigenvalue weighted by Crippen LogP contribution is -2.43. The number of carboxylic acid groups (broad SMARTS) is 1. The smallest absolute Gasteiger partial charge is 0.338 e. The third kappa shape index (κ3) is 14.8. The summed E-state index contributed by atoms with van der Waals surface area (Å²) >= 11 is 17.0. The van der Waals surface area contributed by atoms with Crippen molar-refractivity contribution in [1.82, 2.24) is 0 Å². The molecule has 0 amide bonds. The number of nitrogens with one attached hydrogen (secondary N) is 1. The normalized spacial score (nSPS) is 16.8. The Morgan fingerprint density at radius 3 is 1.62 bits per heavy atom. The average molecular weight is 683 g/mol. The fourth-order valence-corrected chi connectivity index (χ4v) is 3.74. The van der Waals surface area contributed by atoms with E-state index in [-0.39, 0.29) is 19.4 Å². The highest BCUT2D eigenvalue weighted by Crippen LogP contribution is 2.31. The number of rotatable bonds is 7. The van der Waals surface area contributed by atoms with Gasteiger partial charge in [-0.3, -0.25) is 5.41 Å². The number of carbonyl (C=O) groups excluding carboxylic acids is 2. The van der Waals surface area contributed by atoms with E-state index in [0.717, 1.165) is 0 Å². The molecule has 3 unspecified atom stereocenters. The molecule has 45 heavy (non-hydrogen) atoms. The van der Waals surface area contributed by atoms with Crippen molar-refractivity contribution in [3.8, 4) is 0 Å². The van der Waals surface area contributed by atoms with Crippen LogP contribution in [0.15, 0.2) is 91.0 Å². The van der Waals surface area contributed by atoms with Gasteiger partial charge in [-0.25, -0.2) is 14.4 Å². The maximum Gasteiger partial charge on any atom is 0.338 e. The molecule has 1 heterocycles. The molecule has 1 saturated heterocycles. The van der Waals surface area contributed by atoms with Crippen LogP contribution in [0.2, 0.25) is 0 Å². The Bertz CT molecular complexity index is 1310. The van der Waals surface area contributed by atoms with Crippen LogP contribution >= 0.6 is 34.8 Å². The first-order chi connectivity index (χ1) is 21.5. The van der Waals surface area contributed by atoms with Gasteiger partial charge in [0.15, 0.2) is 0 Å². The largest absolute Gasteiger partial charge is 0.478 e. The van der Waals surface area contributed by atoms with E-state index in [9.17, 15) is 14.4 Å². The monoisotopic (exact) mass is 681 g/mol. The van der Waals surface area contributed by atoms with Crippen molar-refractivity contribution < 1.29 is 38.4 Å². The van der Waals surface area contributed by atoms with Crippen LogP contribution in [0.3, 0.4) is 0 Å². The molecule has 0 aromatic heterocycles. The van der Waals surface area contributed by atoms with Crippen LogP contribution in [0.1, 0.15) is 71.6 Å². The zero-order valence-electron chi connectivity index (χ0n) is 25.5. The molecule has 244 valence electrons. The summed E-state index contributed by atoms with van der Waals surface area (Å²) in [6.45, 7) is 7.88. The molecule has 3 aromatic rings. The van der Waals surface area contributed by atoms with Gasteiger partial charge in [-0.15, -0.1) is 0 Å². The predicted molar refractivity (Wildman–Crippen MR) is 175 cm³/mol. The number of esters is 2. The van der Waals surface area contributed by atoms with Gasteiger partial charge in [0.1, 0.15) is 12.7 Å². The summed E-state index contributed by atoms with van der Waals surface area (Å²) in [5.74, 6) is -2.56. The Morgan fingerprint density at radius 1 is 0.756 bits per heavy atom. The highest BCUT2D eigenvalue weighted by Gasteiger charge is 2.38. The fourth-order valence-electron chi connectivity index (χ4n) is 3.61. The van der Waals surface area contributed by atoms with Crippen molar-refractivity contribution in [3.05, 3.63) is 108 Å². The molecule has 1 aliphatic heterocycles. The van der Waals surface area contributed by atoms with E-state index in [4.69, 9.17) is 64.3 Å². The van der Waals surface area contributed by atoms with Crippen LogP contribution in [-0.2, 0) is 18.9 Å². The van der Waals surface area contributed by atoms with Gasteiger partial charge >= 0.3 is 17.9 Å². The minimum atomic E-state index is -2.08. The molecule has 4 rings (SSSR count). The summed E-state index contributed by atoms with van der Waals surface area (Å²) in [5, 5.41) is 16.2. The molecular formula is C33H38Cl3NO8. The van der Waals surface area contributed by atoms with Gasteiger partial charge in [0.2, 0.25) is 12.2 Å². The Balaban J connectivity index is 0.000000655. The summed E-state index contributed by atoms with van der Waals surface area (Å²) < 4.78 is 19.9. The maximum atomic E-state index is 12.5. The molecule has 0 spiro atoms. The zero-order chi connectivity index (χ0) is 33.8. The van der Waals surface area contributed by atoms with Gasteiger partial charge in [-0.2, -0.15) is 0 Å². The van der Waals surface area contributed by atoms with Gasteiger partial charge in [0.05, 0.1) is 22.8 Å². The number of hydrogen-bond acceptors (Lipinski definition) is 8. The van der Waals surface area contributed by atoms with Crippen LogP contribution in [0.5, 0.6) is 0 Å². The number of halogens is 3. The summed E-state index contributed by atoms with van der Waals surface area (Å²) in [4.78, 5) is 34.9. The van der Waals surface area contributed by atoms with Gasteiger partial charge in [-0.1, -0.05) is 117 Å². The Kier molecular flexibility index (Phi) is 18.5. The number of alkyl halides is 3.